The number of aromatic amines is 1. The number of rotatable bonds is 5. The van der Waals surface area contributed by atoms with Crippen LogP contribution in [0.4, 0.5) is 0 Å². The fraction of sp³-hybridized carbons (Fsp3) is 0.533. The number of aliphatic carboxylic acids is 1. The van der Waals surface area contributed by atoms with Crippen LogP contribution in [-0.2, 0) is 17.6 Å². The number of pyridine rings is 1. The van der Waals surface area contributed by atoms with Crippen LogP contribution in [0.2, 0.25) is 0 Å². The first-order valence-corrected chi connectivity index (χ1v) is 7.33. The minimum atomic E-state index is -0.896. The molecule has 0 saturated heterocycles. The third-order valence-electron chi connectivity index (χ3n) is 3.69. The maximum atomic E-state index is 12.0. The molecule has 0 aliphatic heterocycles. The monoisotopic (exact) mass is 292 g/mol. The number of carbonyl (C=O) groups is 2. The van der Waals surface area contributed by atoms with E-state index in [2.05, 4.69) is 10.3 Å². The fourth-order valence-electron chi connectivity index (χ4n) is 2.56. The van der Waals surface area contributed by atoms with Gasteiger partial charge in [-0.25, -0.2) is 0 Å². The van der Waals surface area contributed by atoms with Crippen molar-refractivity contribution in [3.8, 4) is 0 Å². The van der Waals surface area contributed by atoms with Crippen molar-refractivity contribution in [2.45, 2.75) is 44.9 Å². The van der Waals surface area contributed by atoms with E-state index in [0.29, 0.717) is 6.42 Å². The first-order valence-electron chi connectivity index (χ1n) is 7.33. The largest absolute Gasteiger partial charge is 0.481 e. The van der Waals surface area contributed by atoms with Crippen LogP contribution in [0, 0.1) is 0 Å². The molecule has 0 bridgehead atoms. The number of hydrogen-bond donors (Lipinski definition) is 3. The first kappa shape index (κ1) is 15.3. The van der Waals surface area contributed by atoms with E-state index in [1.54, 1.807) is 6.07 Å². The summed E-state index contributed by atoms with van der Waals surface area (Å²) in [5.41, 5.74) is 1.74. The summed E-state index contributed by atoms with van der Waals surface area (Å²) < 4.78 is 0. The highest BCUT2D eigenvalue weighted by Gasteiger charge is 2.16. The Hall–Kier alpha value is -2.11. The zero-order valence-electron chi connectivity index (χ0n) is 11.9. The Morgan fingerprint density at radius 2 is 2.00 bits per heavy atom. The lowest BCUT2D eigenvalue weighted by atomic mass is 10.1. The van der Waals surface area contributed by atoms with Gasteiger partial charge in [-0.2, -0.15) is 0 Å². The number of aryl methyl sites for hydroxylation is 2. The van der Waals surface area contributed by atoms with Crippen molar-refractivity contribution in [1.82, 2.24) is 10.3 Å². The summed E-state index contributed by atoms with van der Waals surface area (Å²) in [5, 5.41) is 11.1. The third-order valence-corrected chi connectivity index (χ3v) is 3.69. The second kappa shape index (κ2) is 7.06. The van der Waals surface area contributed by atoms with Gasteiger partial charge in [0.1, 0.15) is 5.56 Å². The van der Waals surface area contributed by atoms with E-state index in [-0.39, 0.29) is 24.1 Å². The second-order valence-corrected chi connectivity index (χ2v) is 5.33. The maximum Gasteiger partial charge on any atom is 0.303 e. The molecule has 1 amide bonds. The molecule has 0 atom stereocenters. The molecule has 6 nitrogen and oxygen atoms in total. The lowest BCUT2D eigenvalue weighted by molar-refractivity contribution is -0.137. The quantitative estimate of drug-likeness (QED) is 0.561. The Kier molecular flexibility index (Phi) is 5.14. The van der Waals surface area contributed by atoms with E-state index in [9.17, 15) is 14.4 Å². The van der Waals surface area contributed by atoms with Crippen LogP contribution in [0.25, 0.3) is 0 Å². The number of nitrogens with one attached hydrogen (secondary N) is 2. The summed E-state index contributed by atoms with van der Waals surface area (Å²) in [6, 6.07) is 1.69. The van der Waals surface area contributed by atoms with Crippen molar-refractivity contribution in [3.05, 3.63) is 33.2 Å². The minimum absolute atomic E-state index is 0.000818. The molecule has 6 heteroatoms. The van der Waals surface area contributed by atoms with Crippen molar-refractivity contribution in [3.63, 3.8) is 0 Å². The summed E-state index contributed by atoms with van der Waals surface area (Å²) in [4.78, 5) is 37.2. The summed E-state index contributed by atoms with van der Waals surface area (Å²) in [7, 11) is 0. The van der Waals surface area contributed by atoms with Gasteiger partial charge < -0.3 is 15.4 Å². The minimum Gasteiger partial charge on any atom is -0.481 e. The molecule has 1 aromatic rings. The van der Waals surface area contributed by atoms with Crippen LogP contribution in [0.1, 0.15) is 53.7 Å². The molecule has 21 heavy (non-hydrogen) atoms. The molecule has 0 radical (unpaired) electrons. The van der Waals surface area contributed by atoms with E-state index in [4.69, 9.17) is 5.11 Å². The zero-order valence-corrected chi connectivity index (χ0v) is 11.9. The topological polar surface area (TPSA) is 99.3 Å². The highest BCUT2D eigenvalue weighted by molar-refractivity contribution is 5.94. The highest BCUT2D eigenvalue weighted by Crippen LogP contribution is 2.18. The number of carboxylic acid groups (broad SMARTS) is 1. The molecule has 0 spiro atoms. The van der Waals surface area contributed by atoms with Crippen molar-refractivity contribution in [2.75, 3.05) is 6.54 Å². The molecular weight excluding hydrogens is 272 g/mol. The molecule has 1 heterocycles. The van der Waals surface area contributed by atoms with E-state index >= 15 is 0 Å². The van der Waals surface area contributed by atoms with E-state index in [0.717, 1.165) is 43.4 Å². The van der Waals surface area contributed by atoms with Crippen LogP contribution < -0.4 is 10.9 Å². The van der Waals surface area contributed by atoms with Crippen molar-refractivity contribution < 1.29 is 14.7 Å². The third kappa shape index (κ3) is 4.18. The van der Waals surface area contributed by atoms with E-state index in [1.165, 1.54) is 0 Å². The molecule has 0 fully saturated rings. The van der Waals surface area contributed by atoms with Gasteiger partial charge in [-0.05, 0) is 43.7 Å². The lowest BCUT2D eigenvalue weighted by Crippen LogP contribution is -2.31. The van der Waals surface area contributed by atoms with Crippen molar-refractivity contribution in [1.29, 1.82) is 0 Å². The van der Waals surface area contributed by atoms with Gasteiger partial charge in [0.15, 0.2) is 0 Å². The molecule has 1 aliphatic rings. The van der Waals surface area contributed by atoms with Gasteiger partial charge in [0.25, 0.3) is 11.5 Å². The van der Waals surface area contributed by atoms with Gasteiger partial charge in [0.2, 0.25) is 0 Å². The average Bonchev–Trinajstić information content (AvgIpc) is 2.67. The number of carbonyl (C=O) groups excluding carboxylic acids is 1. The van der Waals surface area contributed by atoms with Gasteiger partial charge >= 0.3 is 5.97 Å². The van der Waals surface area contributed by atoms with Crippen LogP contribution in [-0.4, -0.2) is 28.5 Å². The number of amides is 1. The zero-order chi connectivity index (χ0) is 15.2. The Morgan fingerprint density at radius 1 is 1.24 bits per heavy atom. The molecule has 2 rings (SSSR count). The van der Waals surface area contributed by atoms with Crippen LogP contribution in [0.5, 0.6) is 0 Å². The molecular formula is C15H20N2O4. The number of aromatic nitrogens is 1. The van der Waals surface area contributed by atoms with Crippen molar-refractivity contribution >= 4 is 11.9 Å². The summed E-state index contributed by atoms with van der Waals surface area (Å²) in [6.07, 6.45) is 5.34. The van der Waals surface area contributed by atoms with Gasteiger partial charge in [-0.3, -0.25) is 14.4 Å². The summed E-state index contributed by atoms with van der Waals surface area (Å²) >= 11 is 0. The lowest BCUT2D eigenvalue weighted by Gasteiger charge is -2.09. The SMILES string of the molecule is O=C(O)CCCNC(=O)c1cc2c([nH]c1=O)CCCCC2. The molecule has 1 aliphatic carbocycles. The highest BCUT2D eigenvalue weighted by atomic mass is 16.4. The van der Waals surface area contributed by atoms with Crippen LogP contribution in [0.3, 0.4) is 0 Å². The van der Waals surface area contributed by atoms with Crippen LogP contribution >= 0.6 is 0 Å². The number of H-pyrrole nitrogens is 1. The average molecular weight is 292 g/mol. The standard InChI is InChI=1S/C15H20N2O4/c18-13(19)7-4-8-16-14(20)11-9-10-5-2-1-3-6-12(10)17-15(11)21/h9H,1-8H2,(H,16,20)(H,17,21)(H,18,19). The Morgan fingerprint density at radius 3 is 2.76 bits per heavy atom. The molecule has 0 unspecified atom stereocenters. The second-order valence-electron chi connectivity index (χ2n) is 5.33. The molecule has 3 N–H and O–H groups in total. The Labute approximate surface area is 122 Å². The van der Waals surface area contributed by atoms with Gasteiger partial charge in [-0.15, -0.1) is 0 Å². The number of fused-ring (bicyclic) bond motifs is 1. The first-order chi connectivity index (χ1) is 10.1. The molecule has 0 aromatic carbocycles. The van der Waals surface area contributed by atoms with Gasteiger partial charge in [0, 0.05) is 18.7 Å². The van der Waals surface area contributed by atoms with Crippen LogP contribution in [0.15, 0.2) is 10.9 Å². The van der Waals surface area contributed by atoms with Crippen molar-refractivity contribution in [2.24, 2.45) is 0 Å². The number of carboxylic acids is 1. The normalized spacial score (nSPS) is 14.1. The van der Waals surface area contributed by atoms with Gasteiger partial charge in [0.05, 0.1) is 0 Å². The smallest absolute Gasteiger partial charge is 0.303 e. The summed E-state index contributed by atoms with van der Waals surface area (Å²) in [5.74, 6) is -1.33. The summed E-state index contributed by atoms with van der Waals surface area (Å²) in [6.45, 7) is 0.252. The maximum absolute atomic E-state index is 12.0. The van der Waals surface area contributed by atoms with E-state index in [1.807, 2.05) is 0 Å². The molecule has 0 saturated carbocycles. The predicted molar refractivity (Wildman–Crippen MR) is 77.5 cm³/mol. The number of hydrogen-bond acceptors (Lipinski definition) is 3. The van der Waals surface area contributed by atoms with Gasteiger partial charge in [-0.1, -0.05) is 6.42 Å². The Balaban J connectivity index is 2.05. The molecule has 1 aromatic heterocycles. The van der Waals surface area contributed by atoms with E-state index < -0.39 is 11.9 Å². The molecule has 114 valence electrons. The Bertz CT molecular complexity index is 592. The predicted octanol–water partition coefficient (Wildman–Crippen LogP) is 1.24. The fourth-order valence-corrected chi connectivity index (χ4v) is 2.56.